The molecule has 1 unspecified atom stereocenters. The van der Waals surface area contributed by atoms with Gasteiger partial charge in [0, 0.05) is 6.04 Å². The smallest absolute Gasteiger partial charge is 0.240 e. The summed E-state index contributed by atoms with van der Waals surface area (Å²) in [6.45, 7) is 3.86. The van der Waals surface area contributed by atoms with Gasteiger partial charge >= 0.3 is 0 Å². The van der Waals surface area contributed by atoms with Crippen LogP contribution in [0.1, 0.15) is 47.3 Å². The van der Waals surface area contributed by atoms with Gasteiger partial charge in [-0.1, -0.05) is 71.9 Å². The van der Waals surface area contributed by atoms with E-state index in [1.54, 1.807) is 0 Å². The first-order valence-corrected chi connectivity index (χ1v) is 11.2. The van der Waals surface area contributed by atoms with Gasteiger partial charge in [0.15, 0.2) is 17.3 Å². The molecule has 2 heterocycles. The lowest BCUT2D eigenvalue weighted by Gasteiger charge is -2.25. The molecule has 1 aliphatic rings. The van der Waals surface area contributed by atoms with Gasteiger partial charge in [0.05, 0.1) is 12.5 Å². The van der Waals surface area contributed by atoms with E-state index >= 15 is 0 Å². The lowest BCUT2D eigenvalue weighted by Crippen LogP contribution is -2.22. The van der Waals surface area contributed by atoms with E-state index in [1.807, 2.05) is 42.5 Å². The SMILES string of the molecule is CC(c1ccc2c(c1)OCCO2)N(C)Cc1nc(C(c2ccccc2)c2ccccc2)no1. The first-order valence-electron chi connectivity index (χ1n) is 11.2. The number of benzene rings is 3. The van der Waals surface area contributed by atoms with Crippen molar-refractivity contribution in [3.63, 3.8) is 0 Å². The highest BCUT2D eigenvalue weighted by Crippen LogP contribution is 2.34. The normalized spacial score (nSPS) is 13.9. The summed E-state index contributed by atoms with van der Waals surface area (Å²) in [6.07, 6.45) is 0. The molecule has 33 heavy (non-hydrogen) atoms. The first-order chi connectivity index (χ1) is 16.2. The van der Waals surface area contributed by atoms with Gasteiger partial charge in [-0.2, -0.15) is 4.98 Å². The fourth-order valence-corrected chi connectivity index (χ4v) is 4.16. The van der Waals surface area contributed by atoms with Crippen molar-refractivity contribution < 1.29 is 14.0 Å². The Bertz CT molecular complexity index is 1150. The number of rotatable bonds is 7. The van der Waals surface area contributed by atoms with Crippen molar-refractivity contribution in [3.05, 3.63) is 107 Å². The number of nitrogens with zero attached hydrogens (tertiary/aromatic N) is 3. The largest absolute Gasteiger partial charge is 0.486 e. The molecule has 168 valence electrons. The zero-order valence-electron chi connectivity index (χ0n) is 18.8. The first kappa shape index (κ1) is 21.2. The summed E-state index contributed by atoms with van der Waals surface area (Å²) < 4.78 is 17.1. The Hall–Kier alpha value is -3.64. The van der Waals surface area contributed by atoms with Crippen molar-refractivity contribution in [2.24, 2.45) is 0 Å². The van der Waals surface area contributed by atoms with Gasteiger partial charge in [0.25, 0.3) is 0 Å². The van der Waals surface area contributed by atoms with Crippen molar-refractivity contribution in [1.29, 1.82) is 0 Å². The number of fused-ring (bicyclic) bond motifs is 1. The van der Waals surface area contributed by atoms with Crippen LogP contribution in [0.3, 0.4) is 0 Å². The van der Waals surface area contributed by atoms with E-state index in [2.05, 4.69) is 60.4 Å². The van der Waals surface area contributed by atoms with Crippen molar-refractivity contribution in [1.82, 2.24) is 15.0 Å². The second-order valence-corrected chi connectivity index (χ2v) is 8.29. The fourth-order valence-electron chi connectivity index (χ4n) is 4.16. The zero-order chi connectivity index (χ0) is 22.6. The molecule has 0 amide bonds. The topological polar surface area (TPSA) is 60.6 Å². The summed E-state index contributed by atoms with van der Waals surface area (Å²) in [6, 6.07) is 26.8. The summed E-state index contributed by atoms with van der Waals surface area (Å²) in [5, 5.41) is 4.36. The molecule has 1 atom stereocenters. The van der Waals surface area contributed by atoms with Crippen molar-refractivity contribution >= 4 is 0 Å². The van der Waals surface area contributed by atoms with Crippen LogP contribution in [0, 0.1) is 0 Å². The molecule has 6 heteroatoms. The third-order valence-corrected chi connectivity index (χ3v) is 6.10. The van der Waals surface area contributed by atoms with E-state index < -0.39 is 0 Å². The predicted molar refractivity (Wildman–Crippen MR) is 125 cm³/mol. The zero-order valence-corrected chi connectivity index (χ0v) is 18.8. The third-order valence-electron chi connectivity index (χ3n) is 6.10. The van der Waals surface area contributed by atoms with Crippen molar-refractivity contribution in [3.8, 4) is 11.5 Å². The molecule has 1 aliphatic heterocycles. The summed E-state index contributed by atoms with van der Waals surface area (Å²) >= 11 is 0. The van der Waals surface area contributed by atoms with Crippen molar-refractivity contribution in [2.45, 2.75) is 25.4 Å². The third kappa shape index (κ3) is 4.61. The molecule has 0 saturated heterocycles. The van der Waals surface area contributed by atoms with Crippen LogP contribution in [-0.2, 0) is 6.54 Å². The van der Waals surface area contributed by atoms with Gasteiger partial charge < -0.3 is 14.0 Å². The molecule has 4 aromatic rings. The quantitative estimate of drug-likeness (QED) is 0.392. The lowest BCUT2D eigenvalue weighted by atomic mass is 9.91. The van der Waals surface area contributed by atoms with Crippen LogP contribution >= 0.6 is 0 Å². The minimum atomic E-state index is -0.0783. The highest BCUT2D eigenvalue weighted by Gasteiger charge is 2.24. The van der Waals surface area contributed by atoms with Crippen LogP contribution < -0.4 is 9.47 Å². The van der Waals surface area contributed by atoms with Gasteiger partial charge in [-0.15, -0.1) is 0 Å². The Morgan fingerprint density at radius 1 is 0.818 bits per heavy atom. The van der Waals surface area contributed by atoms with Crippen LogP contribution in [0.15, 0.2) is 83.4 Å². The van der Waals surface area contributed by atoms with Gasteiger partial charge in [-0.3, -0.25) is 4.90 Å². The highest BCUT2D eigenvalue weighted by molar-refractivity contribution is 5.44. The highest BCUT2D eigenvalue weighted by atomic mass is 16.6. The molecule has 3 aromatic carbocycles. The minimum absolute atomic E-state index is 0.0783. The molecule has 1 aromatic heterocycles. The molecule has 0 N–H and O–H groups in total. The Labute approximate surface area is 193 Å². The Morgan fingerprint density at radius 2 is 1.45 bits per heavy atom. The van der Waals surface area contributed by atoms with Crippen LogP contribution in [-0.4, -0.2) is 35.3 Å². The average molecular weight is 442 g/mol. The minimum Gasteiger partial charge on any atom is -0.486 e. The molecule has 0 spiro atoms. The second-order valence-electron chi connectivity index (χ2n) is 8.29. The Kier molecular flexibility index (Phi) is 6.09. The standard InChI is InChI=1S/C27H27N3O3/c1-19(22-13-14-23-24(17-22)32-16-15-31-23)30(2)18-25-28-27(29-33-25)26(20-9-5-3-6-10-20)21-11-7-4-8-12-21/h3-14,17,19,26H,15-16,18H2,1-2H3. The van der Waals surface area contributed by atoms with E-state index in [9.17, 15) is 0 Å². The maximum Gasteiger partial charge on any atom is 0.240 e. The van der Waals surface area contributed by atoms with Gasteiger partial charge in [-0.25, -0.2) is 0 Å². The van der Waals surface area contributed by atoms with E-state index in [1.165, 1.54) is 0 Å². The second kappa shape index (κ2) is 9.46. The fraction of sp³-hybridized carbons (Fsp3) is 0.259. The van der Waals surface area contributed by atoms with E-state index in [0.717, 1.165) is 28.2 Å². The Morgan fingerprint density at radius 3 is 2.12 bits per heavy atom. The predicted octanol–water partition coefficient (Wildman–Crippen LogP) is 5.21. The van der Waals surface area contributed by atoms with E-state index in [4.69, 9.17) is 19.0 Å². The summed E-state index contributed by atoms with van der Waals surface area (Å²) in [5.41, 5.74) is 3.41. The molecule has 0 bridgehead atoms. The van der Waals surface area contributed by atoms with E-state index in [-0.39, 0.29) is 12.0 Å². The molecule has 0 saturated carbocycles. The van der Waals surface area contributed by atoms with Gasteiger partial charge in [-0.05, 0) is 42.8 Å². The Balaban J connectivity index is 1.35. The van der Waals surface area contributed by atoms with Crippen LogP contribution in [0.2, 0.25) is 0 Å². The molecule has 0 radical (unpaired) electrons. The molecule has 6 nitrogen and oxygen atoms in total. The number of hydrogen-bond acceptors (Lipinski definition) is 6. The van der Waals surface area contributed by atoms with Crippen molar-refractivity contribution in [2.75, 3.05) is 20.3 Å². The number of hydrogen-bond donors (Lipinski definition) is 0. The van der Waals surface area contributed by atoms with Crippen LogP contribution in [0.4, 0.5) is 0 Å². The lowest BCUT2D eigenvalue weighted by molar-refractivity contribution is 0.170. The summed E-state index contributed by atoms with van der Waals surface area (Å²) in [5.74, 6) is 2.78. The summed E-state index contributed by atoms with van der Waals surface area (Å²) in [4.78, 5) is 6.97. The van der Waals surface area contributed by atoms with Crippen LogP contribution in [0.25, 0.3) is 0 Å². The molecular weight excluding hydrogens is 414 g/mol. The monoisotopic (exact) mass is 441 g/mol. The van der Waals surface area contributed by atoms with Gasteiger partial charge in [0.1, 0.15) is 13.2 Å². The molecular formula is C27H27N3O3. The average Bonchev–Trinajstić information content (AvgIpc) is 3.32. The maximum atomic E-state index is 5.74. The summed E-state index contributed by atoms with van der Waals surface area (Å²) in [7, 11) is 2.05. The van der Waals surface area contributed by atoms with Gasteiger partial charge in [0.2, 0.25) is 5.89 Å². The molecule has 0 fully saturated rings. The van der Waals surface area contributed by atoms with E-state index in [0.29, 0.717) is 31.5 Å². The molecule has 5 rings (SSSR count). The number of ether oxygens (including phenoxy) is 2. The molecule has 0 aliphatic carbocycles. The van der Waals surface area contributed by atoms with Crippen LogP contribution in [0.5, 0.6) is 11.5 Å². The number of aromatic nitrogens is 2. The maximum absolute atomic E-state index is 5.74.